The second kappa shape index (κ2) is 8.20. The molecular weight excluding hydrogens is 342 g/mol. The van der Waals surface area contributed by atoms with E-state index in [1.165, 1.54) is 5.56 Å². The second-order valence-corrected chi connectivity index (χ2v) is 7.19. The van der Waals surface area contributed by atoms with Gasteiger partial charge in [-0.3, -0.25) is 14.9 Å². The van der Waals surface area contributed by atoms with Gasteiger partial charge in [0.1, 0.15) is 0 Å². The van der Waals surface area contributed by atoms with Crippen molar-refractivity contribution in [2.24, 2.45) is 5.92 Å². The molecule has 6 heteroatoms. The zero-order valence-electron chi connectivity index (χ0n) is 15.8. The van der Waals surface area contributed by atoms with Gasteiger partial charge in [-0.1, -0.05) is 29.8 Å². The highest BCUT2D eigenvalue weighted by Crippen LogP contribution is 2.28. The number of amides is 1. The minimum absolute atomic E-state index is 0.0186. The minimum atomic E-state index is -0.374. The first kappa shape index (κ1) is 18.9. The van der Waals surface area contributed by atoms with Gasteiger partial charge in [0.25, 0.3) is 5.69 Å². The fourth-order valence-electron chi connectivity index (χ4n) is 3.53. The van der Waals surface area contributed by atoms with Crippen LogP contribution in [0.15, 0.2) is 42.5 Å². The lowest BCUT2D eigenvalue weighted by Crippen LogP contribution is -2.40. The van der Waals surface area contributed by atoms with Gasteiger partial charge in [0.2, 0.25) is 5.91 Å². The van der Waals surface area contributed by atoms with Crippen molar-refractivity contribution in [3.8, 4) is 0 Å². The third-order valence-corrected chi connectivity index (χ3v) is 5.18. The number of rotatable bonds is 5. The maximum Gasteiger partial charge on any atom is 0.269 e. The van der Waals surface area contributed by atoms with Gasteiger partial charge >= 0.3 is 0 Å². The Kier molecular flexibility index (Phi) is 5.74. The van der Waals surface area contributed by atoms with E-state index in [0.29, 0.717) is 6.54 Å². The summed E-state index contributed by atoms with van der Waals surface area (Å²) in [6.07, 6.45) is 1.58. The van der Waals surface area contributed by atoms with Gasteiger partial charge in [0, 0.05) is 43.4 Å². The van der Waals surface area contributed by atoms with E-state index in [4.69, 9.17) is 0 Å². The number of aryl methyl sites for hydroxylation is 2. The molecule has 0 bridgehead atoms. The van der Waals surface area contributed by atoms with Gasteiger partial charge in [-0.15, -0.1) is 0 Å². The van der Waals surface area contributed by atoms with Crippen molar-refractivity contribution in [3.05, 3.63) is 69.3 Å². The van der Waals surface area contributed by atoms with Crippen LogP contribution in [0, 0.1) is 29.9 Å². The molecule has 6 nitrogen and oxygen atoms in total. The van der Waals surface area contributed by atoms with Crippen LogP contribution in [-0.4, -0.2) is 23.9 Å². The number of nitro benzene ring substituents is 1. The Balaban J connectivity index is 1.53. The number of non-ortho nitro benzene ring substituents is 1. The number of hydrogen-bond donors (Lipinski definition) is 1. The largest absolute Gasteiger partial charge is 0.371 e. The average molecular weight is 367 g/mol. The Labute approximate surface area is 159 Å². The Morgan fingerprint density at radius 2 is 1.81 bits per heavy atom. The van der Waals surface area contributed by atoms with Crippen molar-refractivity contribution in [1.29, 1.82) is 0 Å². The lowest BCUT2D eigenvalue weighted by Gasteiger charge is -2.33. The summed E-state index contributed by atoms with van der Waals surface area (Å²) in [5, 5.41) is 13.9. The van der Waals surface area contributed by atoms with Gasteiger partial charge in [0.05, 0.1) is 4.92 Å². The van der Waals surface area contributed by atoms with E-state index in [1.807, 2.05) is 44.2 Å². The molecule has 142 valence electrons. The van der Waals surface area contributed by atoms with Gasteiger partial charge in [-0.25, -0.2) is 0 Å². The second-order valence-electron chi connectivity index (χ2n) is 7.19. The molecule has 0 aliphatic carbocycles. The molecule has 3 rings (SSSR count). The molecule has 2 aromatic carbocycles. The third kappa shape index (κ3) is 4.64. The first-order valence-electron chi connectivity index (χ1n) is 9.27. The number of benzene rings is 2. The predicted octanol–water partition coefficient (Wildman–Crippen LogP) is 3.74. The normalized spacial score (nSPS) is 14.8. The Bertz CT molecular complexity index is 825. The molecule has 0 spiro atoms. The maximum absolute atomic E-state index is 12.5. The fourth-order valence-corrected chi connectivity index (χ4v) is 3.53. The van der Waals surface area contributed by atoms with Crippen molar-refractivity contribution in [2.75, 3.05) is 18.0 Å². The number of anilines is 1. The topological polar surface area (TPSA) is 75.5 Å². The molecule has 0 saturated carbocycles. The molecule has 1 aliphatic rings. The number of nitro groups is 1. The highest BCUT2D eigenvalue weighted by atomic mass is 16.6. The summed E-state index contributed by atoms with van der Waals surface area (Å²) in [6.45, 7) is 6.05. The van der Waals surface area contributed by atoms with Crippen LogP contribution in [0.1, 0.15) is 29.5 Å². The van der Waals surface area contributed by atoms with Crippen LogP contribution < -0.4 is 10.2 Å². The fraction of sp³-hybridized carbons (Fsp3) is 0.381. The van der Waals surface area contributed by atoms with Crippen LogP contribution >= 0.6 is 0 Å². The van der Waals surface area contributed by atoms with E-state index in [9.17, 15) is 14.9 Å². The predicted molar refractivity (Wildman–Crippen MR) is 106 cm³/mol. The summed E-state index contributed by atoms with van der Waals surface area (Å²) < 4.78 is 0. The lowest BCUT2D eigenvalue weighted by atomic mass is 9.95. The minimum Gasteiger partial charge on any atom is -0.371 e. The smallest absolute Gasteiger partial charge is 0.269 e. The van der Waals surface area contributed by atoms with Crippen molar-refractivity contribution in [1.82, 2.24) is 5.32 Å². The molecule has 1 amide bonds. The summed E-state index contributed by atoms with van der Waals surface area (Å²) in [6, 6.07) is 13.1. The van der Waals surface area contributed by atoms with Crippen molar-refractivity contribution in [2.45, 2.75) is 33.2 Å². The van der Waals surface area contributed by atoms with E-state index < -0.39 is 0 Å². The summed E-state index contributed by atoms with van der Waals surface area (Å²) in [4.78, 5) is 25.2. The summed E-state index contributed by atoms with van der Waals surface area (Å²) in [5.74, 6) is 0.126. The summed E-state index contributed by atoms with van der Waals surface area (Å²) >= 11 is 0. The van der Waals surface area contributed by atoms with Gasteiger partial charge in [0.15, 0.2) is 0 Å². The summed E-state index contributed by atoms with van der Waals surface area (Å²) in [5.41, 5.74) is 4.33. The Hall–Kier alpha value is -2.89. The molecule has 0 aromatic heterocycles. The quantitative estimate of drug-likeness (QED) is 0.645. The molecule has 1 heterocycles. The molecule has 27 heavy (non-hydrogen) atoms. The Morgan fingerprint density at radius 3 is 2.41 bits per heavy atom. The van der Waals surface area contributed by atoms with Gasteiger partial charge in [-0.05, 0) is 43.9 Å². The SMILES string of the molecule is Cc1ccc(CNC(=O)C2CCN(c3ccc([N+](=O)[O-])cc3C)CC2)cc1. The third-order valence-electron chi connectivity index (χ3n) is 5.18. The molecule has 1 aliphatic heterocycles. The van der Waals surface area contributed by atoms with Crippen LogP contribution in [0.2, 0.25) is 0 Å². The first-order chi connectivity index (χ1) is 12.9. The highest BCUT2D eigenvalue weighted by molar-refractivity contribution is 5.79. The number of carbonyl (C=O) groups excluding carboxylic acids is 1. The molecule has 2 aromatic rings. The molecule has 1 fully saturated rings. The van der Waals surface area contributed by atoms with E-state index in [0.717, 1.165) is 42.7 Å². The monoisotopic (exact) mass is 367 g/mol. The van der Waals surface area contributed by atoms with E-state index in [2.05, 4.69) is 10.2 Å². The average Bonchev–Trinajstić information content (AvgIpc) is 2.67. The van der Waals surface area contributed by atoms with E-state index >= 15 is 0 Å². The first-order valence-corrected chi connectivity index (χ1v) is 9.27. The number of piperidine rings is 1. The molecule has 0 unspecified atom stereocenters. The molecule has 0 atom stereocenters. The zero-order valence-corrected chi connectivity index (χ0v) is 15.8. The standard InChI is InChI=1S/C21H25N3O3/c1-15-3-5-17(6-4-15)14-22-21(25)18-9-11-23(12-10-18)20-8-7-19(24(26)27)13-16(20)2/h3-8,13,18H,9-12,14H2,1-2H3,(H,22,25). The number of carbonyl (C=O) groups is 1. The van der Waals surface area contributed by atoms with E-state index in [1.54, 1.807) is 12.1 Å². The van der Waals surface area contributed by atoms with Crippen LogP contribution in [0.3, 0.4) is 0 Å². The van der Waals surface area contributed by atoms with Crippen LogP contribution in [-0.2, 0) is 11.3 Å². The molecule has 1 N–H and O–H groups in total. The number of nitrogens with one attached hydrogen (secondary N) is 1. The zero-order chi connectivity index (χ0) is 19.4. The number of hydrogen-bond acceptors (Lipinski definition) is 4. The lowest BCUT2D eigenvalue weighted by molar-refractivity contribution is -0.384. The molecular formula is C21H25N3O3. The van der Waals surface area contributed by atoms with Crippen molar-refractivity contribution >= 4 is 17.3 Å². The van der Waals surface area contributed by atoms with Crippen molar-refractivity contribution < 1.29 is 9.72 Å². The van der Waals surface area contributed by atoms with Crippen LogP contribution in [0.25, 0.3) is 0 Å². The van der Waals surface area contributed by atoms with E-state index in [-0.39, 0.29) is 22.4 Å². The number of nitrogens with zero attached hydrogens (tertiary/aromatic N) is 2. The maximum atomic E-state index is 12.5. The summed E-state index contributed by atoms with van der Waals surface area (Å²) in [7, 11) is 0. The van der Waals surface area contributed by atoms with Gasteiger partial charge in [-0.2, -0.15) is 0 Å². The molecule has 0 radical (unpaired) electrons. The van der Waals surface area contributed by atoms with Crippen LogP contribution in [0.4, 0.5) is 11.4 Å². The van der Waals surface area contributed by atoms with Gasteiger partial charge < -0.3 is 10.2 Å². The highest BCUT2D eigenvalue weighted by Gasteiger charge is 2.26. The molecule has 1 saturated heterocycles. The Morgan fingerprint density at radius 1 is 1.15 bits per heavy atom. The van der Waals surface area contributed by atoms with Crippen LogP contribution in [0.5, 0.6) is 0 Å². The van der Waals surface area contributed by atoms with Crippen molar-refractivity contribution in [3.63, 3.8) is 0 Å².